The van der Waals surface area contributed by atoms with Gasteiger partial charge in [-0.05, 0) is 48.9 Å². The Balaban J connectivity index is 1.98. The summed E-state index contributed by atoms with van der Waals surface area (Å²) in [6, 6.07) is 7.75. The Morgan fingerprint density at radius 2 is 2.10 bits per heavy atom. The summed E-state index contributed by atoms with van der Waals surface area (Å²) in [5, 5.41) is 5.40. The van der Waals surface area contributed by atoms with Crippen molar-refractivity contribution in [1.29, 1.82) is 0 Å². The number of carbonyl (C=O) groups is 1. The van der Waals surface area contributed by atoms with Gasteiger partial charge >= 0.3 is 5.97 Å². The van der Waals surface area contributed by atoms with Gasteiger partial charge in [0.05, 0.1) is 31.5 Å². The minimum atomic E-state index is -0.406. The number of aromatic nitrogens is 3. The summed E-state index contributed by atoms with van der Waals surface area (Å²) in [5.74, 6) is -0.406. The number of carbonyl (C=O) groups excluding carboxylic acids is 1. The molecule has 29 heavy (non-hydrogen) atoms. The number of methoxy groups -OCH3 is 1. The second kappa shape index (κ2) is 9.01. The molecule has 0 atom stereocenters. The van der Waals surface area contributed by atoms with E-state index in [1.807, 2.05) is 29.8 Å². The summed E-state index contributed by atoms with van der Waals surface area (Å²) < 4.78 is 6.74. The number of hydrogen-bond donors (Lipinski definition) is 0. The third kappa shape index (κ3) is 4.38. The van der Waals surface area contributed by atoms with Crippen LogP contribution < -0.4 is 0 Å². The van der Waals surface area contributed by atoms with Crippen LogP contribution in [-0.4, -0.2) is 34.6 Å². The highest BCUT2D eigenvalue weighted by Crippen LogP contribution is 2.32. The molecule has 0 aliphatic rings. The van der Waals surface area contributed by atoms with Crippen molar-refractivity contribution >= 4 is 24.3 Å². The first-order valence-corrected chi connectivity index (χ1v) is 9.66. The summed E-state index contributed by atoms with van der Waals surface area (Å²) in [7, 11) is 1.36. The van der Waals surface area contributed by atoms with E-state index in [1.54, 1.807) is 12.3 Å². The highest BCUT2D eigenvalue weighted by molar-refractivity contribution is 6.31. The molecular formula is C22H23ClN4O2. The number of halogens is 1. The number of pyridine rings is 1. The quantitative estimate of drug-likeness (QED) is 0.424. The Kier molecular flexibility index (Phi) is 6.44. The van der Waals surface area contributed by atoms with Crippen molar-refractivity contribution in [2.75, 3.05) is 7.11 Å². The largest absolute Gasteiger partial charge is 0.465 e. The Hall–Kier alpha value is -2.99. The van der Waals surface area contributed by atoms with Crippen LogP contribution in [-0.2, 0) is 24.2 Å². The molecule has 0 fully saturated rings. The number of aryl methyl sites for hydroxylation is 1. The standard InChI is InChI=1S/C22H23ClN4O2/c1-5-20-21(16-6-7-17(11-24-3)19(23)9-16)14(2)26-27(20)13-15-8-18(12-25-10-15)22(28)29-4/h6-10,12H,3,5,11,13H2,1-2,4H3. The van der Waals surface area contributed by atoms with Gasteiger partial charge in [0.15, 0.2) is 0 Å². The fourth-order valence-corrected chi connectivity index (χ4v) is 3.66. The molecule has 0 spiro atoms. The fourth-order valence-electron chi connectivity index (χ4n) is 3.42. The van der Waals surface area contributed by atoms with E-state index in [4.69, 9.17) is 21.4 Å². The second-order valence-corrected chi connectivity index (χ2v) is 7.09. The van der Waals surface area contributed by atoms with Crippen LogP contribution in [0, 0.1) is 6.92 Å². The van der Waals surface area contributed by atoms with Crippen LogP contribution in [0.3, 0.4) is 0 Å². The highest BCUT2D eigenvalue weighted by Gasteiger charge is 2.17. The summed E-state index contributed by atoms with van der Waals surface area (Å²) in [5.41, 5.74) is 6.35. The zero-order valence-electron chi connectivity index (χ0n) is 16.8. The van der Waals surface area contributed by atoms with Gasteiger partial charge in [0.2, 0.25) is 0 Å². The lowest BCUT2D eigenvalue weighted by Gasteiger charge is -2.10. The minimum Gasteiger partial charge on any atom is -0.465 e. The van der Waals surface area contributed by atoms with E-state index in [0.29, 0.717) is 23.7 Å². The van der Waals surface area contributed by atoms with E-state index in [2.05, 4.69) is 23.6 Å². The van der Waals surface area contributed by atoms with Gasteiger partial charge in [-0.1, -0.05) is 30.7 Å². The number of ether oxygens (including phenoxy) is 1. The van der Waals surface area contributed by atoms with Gasteiger partial charge in [-0.15, -0.1) is 0 Å². The number of hydrogen-bond acceptors (Lipinski definition) is 5. The molecule has 0 aliphatic heterocycles. The topological polar surface area (TPSA) is 69.4 Å². The van der Waals surface area contributed by atoms with Crippen molar-refractivity contribution in [2.45, 2.75) is 33.4 Å². The van der Waals surface area contributed by atoms with Crippen molar-refractivity contribution in [3.8, 4) is 11.1 Å². The zero-order valence-corrected chi connectivity index (χ0v) is 17.5. The number of aliphatic imine (C=N–C) groups is 1. The zero-order chi connectivity index (χ0) is 21.0. The molecule has 0 saturated carbocycles. The molecule has 0 aliphatic carbocycles. The van der Waals surface area contributed by atoms with Crippen molar-refractivity contribution in [3.63, 3.8) is 0 Å². The van der Waals surface area contributed by atoms with Crippen LogP contribution in [0.15, 0.2) is 41.7 Å². The van der Waals surface area contributed by atoms with E-state index in [0.717, 1.165) is 40.1 Å². The molecule has 0 amide bonds. The Bertz CT molecular complexity index is 1060. The predicted octanol–water partition coefficient (Wildman–Crippen LogP) is 4.50. The molecule has 3 rings (SSSR count). The van der Waals surface area contributed by atoms with Crippen LogP contribution in [0.2, 0.25) is 5.02 Å². The predicted molar refractivity (Wildman–Crippen MR) is 115 cm³/mol. The molecule has 150 valence electrons. The number of rotatable bonds is 7. The van der Waals surface area contributed by atoms with Crippen LogP contribution in [0.4, 0.5) is 0 Å². The fraction of sp³-hybridized carbons (Fsp3) is 0.273. The molecule has 1 aromatic carbocycles. The molecule has 0 saturated heterocycles. The van der Waals surface area contributed by atoms with Crippen LogP contribution in [0.25, 0.3) is 11.1 Å². The molecule has 0 radical (unpaired) electrons. The van der Waals surface area contributed by atoms with Gasteiger partial charge in [0.1, 0.15) is 0 Å². The number of nitrogens with zero attached hydrogens (tertiary/aromatic N) is 4. The van der Waals surface area contributed by atoms with Crippen molar-refractivity contribution < 1.29 is 9.53 Å². The number of benzene rings is 1. The molecule has 2 aromatic heterocycles. The Morgan fingerprint density at radius 3 is 2.76 bits per heavy atom. The summed E-state index contributed by atoms with van der Waals surface area (Å²) in [4.78, 5) is 19.8. The van der Waals surface area contributed by atoms with Gasteiger partial charge < -0.3 is 4.74 Å². The lowest BCUT2D eigenvalue weighted by atomic mass is 10.0. The van der Waals surface area contributed by atoms with E-state index < -0.39 is 5.97 Å². The summed E-state index contributed by atoms with van der Waals surface area (Å²) in [6.07, 6.45) is 4.03. The van der Waals surface area contributed by atoms with Crippen LogP contribution >= 0.6 is 11.6 Å². The maximum Gasteiger partial charge on any atom is 0.339 e. The normalized spacial score (nSPS) is 10.8. The summed E-state index contributed by atoms with van der Waals surface area (Å²) >= 11 is 6.44. The third-order valence-corrected chi connectivity index (χ3v) is 5.09. The maximum absolute atomic E-state index is 11.8. The maximum atomic E-state index is 11.8. The monoisotopic (exact) mass is 410 g/mol. The lowest BCUT2D eigenvalue weighted by molar-refractivity contribution is 0.0600. The molecule has 6 nitrogen and oxygen atoms in total. The van der Waals surface area contributed by atoms with E-state index in [-0.39, 0.29) is 0 Å². The SMILES string of the molecule is C=NCc1ccc(-c2c(C)nn(Cc3cncc(C(=O)OC)c3)c2CC)cc1Cl. The number of esters is 1. The van der Waals surface area contributed by atoms with Gasteiger partial charge in [-0.3, -0.25) is 14.7 Å². The Labute approximate surface area is 175 Å². The van der Waals surface area contributed by atoms with Crippen molar-refractivity contribution in [1.82, 2.24) is 14.8 Å². The van der Waals surface area contributed by atoms with Gasteiger partial charge in [-0.25, -0.2) is 4.79 Å². The minimum absolute atomic E-state index is 0.406. The molecule has 3 aromatic rings. The smallest absolute Gasteiger partial charge is 0.339 e. The van der Waals surface area contributed by atoms with Crippen LogP contribution in [0.5, 0.6) is 0 Å². The first-order valence-electron chi connectivity index (χ1n) is 9.28. The lowest BCUT2D eigenvalue weighted by Crippen LogP contribution is -2.08. The van der Waals surface area contributed by atoms with Crippen LogP contribution in [0.1, 0.15) is 39.8 Å². The molecule has 2 heterocycles. The second-order valence-electron chi connectivity index (χ2n) is 6.68. The van der Waals surface area contributed by atoms with E-state index in [9.17, 15) is 4.79 Å². The highest BCUT2D eigenvalue weighted by atomic mass is 35.5. The molecule has 7 heteroatoms. The van der Waals surface area contributed by atoms with Crippen molar-refractivity contribution in [3.05, 3.63) is 69.8 Å². The van der Waals surface area contributed by atoms with Gasteiger partial charge in [0.25, 0.3) is 0 Å². The van der Waals surface area contributed by atoms with Gasteiger partial charge in [-0.2, -0.15) is 5.10 Å². The van der Waals surface area contributed by atoms with Gasteiger partial charge in [0, 0.05) is 28.7 Å². The Morgan fingerprint density at radius 1 is 1.31 bits per heavy atom. The average molecular weight is 411 g/mol. The third-order valence-electron chi connectivity index (χ3n) is 4.74. The first-order chi connectivity index (χ1) is 14.0. The molecule has 0 bridgehead atoms. The molecule has 0 N–H and O–H groups in total. The first kappa shape index (κ1) is 20.7. The van der Waals surface area contributed by atoms with Crippen molar-refractivity contribution in [2.24, 2.45) is 4.99 Å². The molecular weight excluding hydrogens is 388 g/mol. The molecule has 0 unspecified atom stereocenters. The van der Waals surface area contributed by atoms with E-state index in [1.165, 1.54) is 13.3 Å². The summed E-state index contributed by atoms with van der Waals surface area (Å²) in [6.45, 7) is 8.61. The average Bonchev–Trinajstić information content (AvgIpc) is 3.03. The van der Waals surface area contributed by atoms with E-state index >= 15 is 0 Å².